The molecular weight excluding hydrogens is 334 g/mol. The number of carbonyl (C=O) groups excluding carboxylic acids is 1. The van der Waals surface area contributed by atoms with Crippen LogP contribution in [0.3, 0.4) is 0 Å². The zero-order chi connectivity index (χ0) is 18.6. The minimum atomic E-state index is -0.520. The van der Waals surface area contributed by atoms with Crippen molar-refractivity contribution >= 4 is 17.7 Å². The van der Waals surface area contributed by atoms with Crippen molar-refractivity contribution in [3.05, 3.63) is 102 Å². The third-order valence-corrected chi connectivity index (χ3v) is 4.69. The van der Waals surface area contributed by atoms with Gasteiger partial charge in [0.25, 0.3) is 5.91 Å². The molecule has 0 spiro atoms. The van der Waals surface area contributed by atoms with Crippen molar-refractivity contribution < 1.29 is 9.53 Å². The SMILES string of the molecule is Cc1ccc(N2C(=O)[C@H](Oc3ccccc3)[C@@H]2/C=C/c2ccccc2)cc1. The molecule has 134 valence electrons. The van der Waals surface area contributed by atoms with E-state index in [-0.39, 0.29) is 11.9 Å². The minimum absolute atomic E-state index is 0.0228. The van der Waals surface area contributed by atoms with Gasteiger partial charge in [-0.25, -0.2) is 0 Å². The van der Waals surface area contributed by atoms with Gasteiger partial charge in [-0.05, 0) is 36.8 Å². The fraction of sp³-hybridized carbons (Fsp3) is 0.125. The maximum absolute atomic E-state index is 12.8. The number of aryl methyl sites for hydroxylation is 1. The summed E-state index contributed by atoms with van der Waals surface area (Å²) in [5.41, 5.74) is 3.15. The van der Waals surface area contributed by atoms with E-state index in [4.69, 9.17) is 4.74 Å². The molecule has 3 aromatic carbocycles. The molecule has 2 atom stereocenters. The third kappa shape index (κ3) is 3.63. The summed E-state index contributed by atoms with van der Waals surface area (Å²) >= 11 is 0. The van der Waals surface area contributed by atoms with E-state index in [9.17, 15) is 4.79 Å². The zero-order valence-electron chi connectivity index (χ0n) is 15.2. The smallest absolute Gasteiger partial charge is 0.271 e. The largest absolute Gasteiger partial charge is 0.478 e. The number of amides is 1. The van der Waals surface area contributed by atoms with Crippen LogP contribution in [0.1, 0.15) is 11.1 Å². The van der Waals surface area contributed by atoms with Crippen LogP contribution >= 0.6 is 0 Å². The average molecular weight is 355 g/mol. The number of anilines is 1. The molecule has 1 aliphatic heterocycles. The second-order valence-electron chi connectivity index (χ2n) is 6.66. The van der Waals surface area contributed by atoms with E-state index < -0.39 is 6.10 Å². The van der Waals surface area contributed by atoms with Gasteiger partial charge < -0.3 is 4.74 Å². The summed E-state index contributed by atoms with van der Waals surface area (Å²) in [4.78, 5) is 14.6. The first kappa shape index (κ1) is 17.1. The molecule has 0 radical (unpaired) electrons. The van der Waals surface area contributed by atoms with Gasteiger partial charge in [0, 0.05) is 5.69 Å². The molecule has 0 N–H and O–H groups in total. The molecule has 1 fully saturated rings. The van der Waals surface area contributed by atoms with Crippen LogP contribution in [0.2, 0.25) is 0 Å². The number of nitrogens with zero attached hydrogens (tertiary/aromatic N) is 1. The lowest BCUT2D eigenvalue weighted by Gasteiger charge is -2.45. The fourth-order valence-electron chi connectivity index (χ4n) is 3.21. The van der Waals surface area contributed by atoms with Gasteiger partial charge >= 0.3 is 0 Å². The predicted molar refractivity (Wildman–Crippen MR) is 109 cm³/mol. The number of para-hydroxylation sites is 1. The number of ether oxygens (including phenoxy) is 1. The molecule has 1 aliphatic rings. The van der Waals surface area contributed by atoms with Crippen LogP contribution in [0.4, 0.5) is 5.69 Å². The Labute approximate surface area is 159 Å². The Balaban J connectivity index is 1.61. The highest BCUT2D eigenvalue weighted by Crippen LogP contribution is 2.32. The Morgan fingerprint density at radius 1 is 0.852 bits per heavy atom. The summed E-state index contributed by atoms with van der Waals surface area (Å²) in [5.74, 6) is 0.683. The van der Waals surface area contributed by atoms with Crippen molar-refractivity contribution in [1.29, 1.82) is 0 Å². The van der Waals surface area contributed by atoms with E-state index in [0.29, 0.717) is 5.75 Å². The topological polar surface area (TPSA) is 29.5 Å². The summed E-state index contributed by atoms with van der Waals surface area (Å²) in [6.45, 7) is 2.04. The summed E-state index contributed by atoms with van der Waals surface area (Å²) in [6.07, 6.45) is 3.57. The van der Waals surface area contributed by atoms with Crippen LogP contribution in [0, 0.1) is 6.92 Å². The van der Waals surface area contributed by atoms with Gasteiger partial charge in [0.2, 0.25) is 6.10 Å². The molecular formula is C24H21NO2. The fourth-order valence-corrected chi connectivity index (χ4v) is 3.21. The Bertz CT molecular complexity index is 933. The number of hydrogen-bond acceptors (Lipinski definition) is 2. The molecule has 1 amide bonds. The Morgan fingerprint density at radius 3 is 2.15 bits per heavy atom. The molecule has 1 heterocycles. The van der Waals surface area contributed by atoms with E-state index in [1.807, 2.05) is 104 Å². The maximum Gasteiger partial charge on any atom is 0.271 e. The lowest BCUT2D eigenvalue weighted by atomic mass is 9.95. The lowest BCUT2D eigenvalue weighted by Crippen LogP contribution is -2.66. The van der Waals surface area contributed by atoms with Crippen LogP contribution in [0.15, 0.2) is 91.0 Å². The minimum Gasteiger partial charge on any atom is -0.478 e. The van der Waals surface area contributed by atoms with Gasteiger partial charge in [0.15, 0.2) is 0 Å². The molecule has 1 saturated heterocycles. The van der Waals surface area contributed by atoms with E-state index in [0.717, 1.165) is 11.3 Å². The standard InChI is InChI=1S/C24H21NO2/c1-18-12-15-20(16-13-18)25-22(17-14-19-8-4-2-5-9-19)23(24(25)26)27-21-10-6-3-7-11-21/h2-17,22-23H,1H3/b17-14+/t22-,23+/m0/s1. The molecule has 4 rings (SSSR count). The quantitative estimate of drug-likeness (QED) is 0.611. The van der Waals surface area contributed by atoms with Crippen LogP contribution in [-0.2, 0) is 4.79 Å². The molecule has 0 aliphatic carbocycles. The van der Waals surface area contributed by atoms with Crippen LogP contribution in [0.25, 0.3) is 6.08 Å². The van der Waals surface area contributed by atoms with Crippen molar-refractivity contribution in [3.63, 3.8) is 0 Å². The molecule has 0 aromatic heterocycles. The molecule has 3 heteroatoms. The van der Waals surface area contributed by atoms with Crippen molar-refractivity contribution in [2.75, 3.05) is 4.90 Å². The predicted octanol–water partition coefficient (Wildman–Crippen LogP) is 4.87. The second-order valence-corrected chi connectivity index (χ2v) is 6.66. The Hall–Kier alpha value is -3.33. The van der Waals surface area contributed by atoms with E-state index in [1.54, 1.807) is 4.90 Å². The van der Waals surface area contributed by atoms with Crippen LogP contribution < -0.4 is 9.64 Å². The first-order valence-corrected chi connectivity index (χ1v) is 9.07. The van der Waals surface area contributed by atoms with Crippen LogP contribution in [0.5, 0.6) is 5.75 Å². The van der Waals surface area contributed by atoms with Gasteiger partial charge in [-0.2, -0.15) is 0 Å². The third-order valence-electron chi connectivity index (χ3n) is 4.69. The van der Waals surface area contributed by atoms with Gasteiger partial charge in [-0.1, -0.05) is 78.4 Å². The van der Waals surface area contributed by atoms with E-state index in [1.165, 1.54) is 5.56 Å². The van der Waals surface area contributed by atoms with E-state index >= 15 is 0 Å². The molecule has 0 unspecified atom stereocenters. The van der Waals surface area contributed by atoms with Gasteiger partial charge in [-0.3, -0.25) is 9.69 Å². The first-order chi connectivity index (χ1) is 13.2. The number of β-lactam (4-membered cyclic amide) rings is 1. The highest BCUT2D eigenvalue weighted by Gasteiger charge is 2.48. The molecule has 3 aromatic rings. The Kier molecular flexibility index (Phi) is 4.75. The number of rotatable bonds is 5. The van der Waals surface area contributed by atoms with Crippen molar-refractivity contribution in [3.8, 4) is 5.75 Å². The van der Waals surface area contributed by atoms with Crippen LogP contribution in [-0.4, -0.2) is 18.1 Å². The lowest BCUT2D eigenvalue weighted by molar-refractivity contribution is -0.133. The van der Waals surface area contributed by atoms with Crippen molar-refractivity contribution in [1.82, 2.24) is 0 Å². The number of carbonyl (C=O) groups is 1. The first-order valence-electron chi connectivity index (χ1n) is 9.07. The summed E-state index contributed by atoms with van der Waals surface area (Å²) in [5, 5.41) is 0. The monoisotopic (exact) mass is 355 g/mol. The molecule has 0 bridgehead atoms. The normalized spacial score (nSPS) is 19.1. The summed E-state index contributed by atoms with van der Waals surface area (Å²) in [7, 11) is 0. The molecule has 3 nitrogen and oxygen atoms in total. The highest BCUT2D eigenvalue weighted by atomic mass is 16.5. The zero-order valence-corrected chi connectivity index (χ0v) is 15.2. The maximum atomic E-state index is 12.8. The van der Waals surface area contributed by atoms with Gasteiger partial charge in [0.1, 0.15) is 11.8 Å². The number of benzene rings is 3. The number of hydrogen-bond donors (Lipinski definition) is 0. The van der Waals surface area contributed by atoms with Crippen molar-refractivity contribution in [2.24, 2.45) is 0 Å². The second kappa shape index (κ2) is 7.50. The summed E-state index contributed by atoms with van der Waals surface area (Å²) < 4.78 is 6.00. The Morgan fingerprint density at radius 2 is 1.48 bits per heavy atom. The highest BCUT2D eigenvalue weighted by molar-refractivity contribution is 6.06. The van der Waals surface area contributed by atoms with Gasteiger partial charge in [0.05, 0.1) is 0 Å². The molecule has 0 saturated carbocycles. The van der Waals surface area contributed by atoms with E-state index in [2.05, 4.69) is 0 Å². The average Bonchev–Trinajstić information content (AvgIpc) is 2.72. The van der Waals surface area contributed by atoms with Gasteiger partial charge in [-0.15, -0.1) is 0 Å². The summed E-state index contributed by atoms with van der Waals surface area (Å²) in [6, 6.07) is 27.4. The van der Waals surface area contributed by atoms with Crippen molar-refractivity contribution in [2.45, 2.75) is 19.1 Å². The molecule has 27 heavy (non-hydrogen) atoms.